The topological polar surface area (TPSA) is 0 Å². The highest BCUT2D eigenvalue weighted by molar-refractivity contribution is 9.11. The third-order valence-electron chi connectivity index (χ3n) is 2.37. The van der Waals surface area contributed by atoms with Gasteiger partial charge in [-0.25, -0.2) is 0 Å². The molecule has 0 fully saturated rings. The second kappa shape index (κ2) is 4.61. The fraction of sp³-hybridized carbons (Fsp3) is 0.231. The van der Waals surface area contributed by atoms with Crippen LogP contribution in [0.3, 0.4) is 0 Å². The molecular weight excluding hydrogens is 236 g/mol. The highest BCUT2D eigenvalue weighted by Gasteiger charge is 2.03. The van der Waals surface area contributed by atoms with Crippen molar-refractivity contribution in [1.82, 2.24) is 0 Å². The van der Waals surface area contributed by atoms with Gasteiger partial charge in [-0.2, -0.15) is 0 Å². The average molecular weight is 249 g/mol. The monoisotopic (exact) mass is 248 g/mol. The lowest BCUT2D eigenvalue weighted by Gasteiger charge is -2.07. The van der Waals surface area contributed by atoms with Crippen LogP contribution in [0.15, 0.2) is 58.2 Å². The van der Waals surface area contributed by atoms with Crippen LogP contribution in [-0.2, 0) is 0 Å². The van der Waals surface area contributed by atoms with E-state index in [-0.39, 0.29) is 0 Å². The van der Waals surface area contributed by atoms with E-state index < -0.39 is 0 Å². The maximum Gasteiger partial charge on any atom is 0.0144 e. The largest absolute Gasteiger partial charge is 0.0836 e. The van der Waals surface area contributed by atoms with E-state index in [0.717, 1.165) is 6.42 Å². The van der Waals surface area contributed by atoms with Crippen LogP contribution in [0.5, 0.6) is 0 Å². The molecule has 0 nitrogen and oxygen atoms in total. The summed E-state index contributed by atoms with van der Waals surface area (Å²) in [6.45, 7) is 0. The van der Waals surface area contributed by atoms with Crippen molar-refractivity contribution in [3.63, 3.8) is 0 Å². The number of hydrogen-bond acceptors (Lipinski definition) is 0. The van der Waals surface area contributed by atoms with E-state index in [0.29, 0.717) is 0 Å². The SMILES string of the molecule is BrC1=CCC=CC(C2=CCCC=C2)=C1. The van der Waals surface area contributed by atoms with Crippen molar-refractivity contribution in [2.24, 2.45) is 0 Å². The van der Waals surface area contributed by atoms with Crippen molar-refractivity contribution < 1.29 is 0 Å². The van der Waals surface area contributed by atoms with Gasteiger partial charge in [0.2, 0.25) is 0 Å². The summed E-state index contributed by atoms with van der Waals surface area (Å²) in [5.74, 6) is 0. The summed E-state index contributed by atoms with van der Waals surface area (Å²) in [5, 5.41) is 0. The van der Waals surface area contributed by atoms with Crippen LogP contribution in [0.1, 0.15) is 19.3 Å². The first kappa shape index (κ1) is 9.72. The molecule has 14 heavy (non-hydrogen) atoms. The van der Waals surface area contributed by atoms with Crippen molar-refractivity contribution in [2.45, 2.75) is 19.3 Å². The molecule has 0 aliphatic heterocycles. The molecule has 0 radical (unpaired) electrons. The molecule has 1 heteroatoms. The summed E-state index contributed by atoms with van der Waals surface area (Å²) in [6.07, 6.45) is 18.9. The van der Waals surface area contributed by atoms with Crippen LogP contribution in [0.25, 0.3) is 0 Å². The predicted molar refractivity (Wildman–Crippen MR) is 65.3 cm³/mol. The smallest absolute Gasteiger partial charge is 0.0144 e. The lowest BCUT2D eigenvalue weighted by Crippen LogP contribution is -1.87. The first-order chi connectivity index (χ1) is 6.86. The molecule has 0 amide bonds. The summed E-state index contributed by atoms with van der Waals surface area (Å²) >= 11 is 3.54. The summed E-state index contributed by atoms with van der Waals surface area (Å²) in [7, 11) is 0. The molecule has 0 saturated carbocycles. The van der Waals surface area contributed by atoms with E-state index in [1.54, 1.807) is 0 Å². The number of hydrogen-bond donors (Lipinski definition) is 0. The molecule has 0 spiro atoms. The standard InChI is InChI=1S/C13H13Br/c14-13-9-5-4-8-12(10-13)11-6-2-1-3-7-11/h2,4,6-10H,1,3,5H2. The minimum Gasteiger partial charge on any atom is -0.0836 e. The van der Waals surface area contributed by atoms with Crippen molar-refractivity contribution >= 4 is 15.9 Å². The maximum absolute atomic E-state index is 3.54. The van der Waals surface area contributed by atoms with Crippen LogP contribution in [0.4, 0.5) is 0 Å². The van der Waals surface area contributed by atoms with Crippen molar-refractivity contribution in [1.29, 1.82) is 0 Å². The molecule has 2 rings (SSSR count). The molecule has 72 valence electrons. The molecule has 2 aliphatic carbocycles. The van der Waals surface area contributed by atoms with Gasteiger partial charge >= 0.3 is 0 Å². The van der Waals surface area contributed by atoms with Crippen LogP contribution in [-0.4, -0.2) is 0 Å². The minimum atomic E-state index is 1.01. The van der Waals surface area contributed by atoms with Crippen molar-refractivity contribution in [3.05, 3.63) is 58.2 Å². The Kier molecular flexibility index (Phi) is 3.20. The Morgan fingerprint density at radius 1 is 0.929 bits per heavy atom. The molecule has 0 heterocycles. The van der Waals surface area contributed by atoms with Gasteiger partial charge in [0, 0.05) is 4.48 Å². The Labute approximate surface area is 93.5 Å². The molecule has 0 aromatic rings. The summed E-state index contributed by atoms with van der Waals surface area (Å²) in [4.78, 5) is 0. The Hall–Kier alpha value is -0.820. The van der Waals surface area contributed by atoms with Gasteiger partial charge in [-0.1, -0.05) is 52.4 Å². The first-order valence-electron chi connectivity index (χ1n) is 4.97. The average Bonchev–Trinajstić information content (AvgIpc) is 2.44. The highest BCUT2D eigenvalue weighted by atomic mass is 79.9. The van der Waals surface area contributed by atoms with Gasteiger partial charge in [0.05, 0.1) is 0 Å². The maximum atomic E-state index is 3.54. The normalized spacial score (nSPS) is 21.1. The quantitative estimate of drug-likeness (QED) is 0.645. The molecule has 0 aromatic heterocycles. The fourth-order valence-corrected chi connectivity index (χ4v) is 2.07. The summed E-state index contributed by atoms with van der Waals surface area (Å²) in [6, 6.07) is 0. The van der Waals surface area contributed by atoms with E-state index in [1.165, 1.54) is 28.5 Å². The van der Waals surface area contributed by atoms with E-state index in [1.807, 2.05) is 0 Å². The van der Waals surface area contributed by atoms with E-state index in [2.05, 4.69) is 58.5 Å². The Morgan fingerprint density at radius 3 is 2.57 bits per heavy atom. The Bertz CT molecular complexity index is 365. The van der Waals surface area contributed by atoms with Gasteiger partial charge in [-0.05, 0) is 36.5 Å². The minimum absolute atomic E-state index is 1.01. The zero-order valence-electron chi connectivity index (χ0n) is 8.04. The molecule has 0 saturated heterocycles. The van der Waals surface area contributed by atoms with Crippen LogP contribution in [0, 0.1) is 0 Å². The third kappa shape index (κ3) is 2.36. The van der Waals surface area contributed by atoms with Gasteiger partial charge in [0.1, 0.15) is 0 Å². The van der Waals surface area contributed by atoms with Gasteiger partial charge in [-0.3, -0.25) is 0 Å². The van der Waals surface area contributed by atoms with Crippen LogP contribution < -0.4 is 0 Å². The van der Waals surface area contributed by atoms with E-state index in [9.17, 15) is 0 Å². The molecule has 0 N–H and O–H groups in total. The van der Waals surface area contributed by atoms with Gasteiger partial charge in [-0.15, -0.1) is 0 Å². The molecular formula is C13H13Br. The summed E-state index contributed by atoms with van der Waals surface area (Å²) in [5.41, 5.74) is 2.65. The lowest BCUT2D eigenvalue weighted by molar-refractivity contribution is 1.02. The molecule has 0 unspecified atom stereocenters. The molecule has 0 aromatic carbocycles. The number of halogens is 1. The summed E-state index contributed by atoms with van der Waals surface area (Å²) < 4.78 is 1.18. The Morgan fingerprint density at radius 2 is 1.79 bits per heavy atom. The van der Waals surface area contributed by atoms with Gasteiger partial charge in [0.15, 0.2) is 0 Å². The molecule has 2 aliphatic rings. The lowest BCUT2D eigenvalue weighted by atomic mass is 9.99. The zero-order chi connectivity index (χ0) is 9.80. The third-order valence-corrected chi connectivity index (χ3v) is 2.92. The van der Waals surface area contributed by atoms with Crippen LogP contribution >= 0.6 is 15.9 Å². The van der Waals surface area contributed by atoms with Crippen molar-refractivity contribution in [2.75, 3.05) is 0 Å². The van der Waals surface area contributed by atoms with Gasteiger partial charge < -0.3 is 0 Å². The van der Waals surface area contributed by atoms with Crippen LogP contribution in [0.2, 0.25) is 0 Å². The second-order valence-electron chi connectivity index (χ2n) is 3.47. The fourth-order valence-electron chi connectivity index (χ4n) is 1.64. The van der Waals surface area contributed by atoms with Gasteiger partial charge in [0.25, 0.3) is 0 Å². The van der Waals surface area contributed by atoms with Crippen molar-refractivity contribution in [3.8, 4) is 0 Å². The molecule has 0 atom stereocenters. The second-order valence-corrected chi connectivity index (χ2v) is 4.38. The Balaban J connectivity index is 2.28. The zero-order valence-corrected chi connectivity index (χ0v) is 9.63. The number of rotatable bonds is 1. The first-order valence-corrected chi connectivity index (χ1v) is 5.76. The predicted octanol–water partition coefficient (Wildman–Crippen LogP) is 4.43. The number of allylic oxidation sites excluding steroid dienone is 10. The highest BCUT2D eigenvalue weighted by Crippen LogP contribution is 2.24. The van der Waals surface area contributed by atoms with E-state index >= 15 is 0 Å². The van der Waals surface area contributed by atoms with E-state index in [4.69, 9.17) is 0 Å². The molecule has 0 bridgehead atoms.